The zero-order valence-corrected chi connectivity index (χ0v) is 7.70. The Morgan fingerprint density at radius 3 is 2.77 bits per heavy atom. The summed E-state index contributed by atoms with van der Waals surface area (Å²) in [5.74, 6) is 0.617. The Morgan fingerprint density at radius 2 is 2.23 bits per heavy atom. The molecule has 1 aromatic rings. The van der Waals surface area contributed by atoms with Crippen LogP contribution in [0.1, 0.15) is 22.8 Å². The summed E-state index contributed by atoms with van der Waals surface area (Å²) in [5.41, 5.74) is 1.07. The molecule has 0 aromatic heterocycles. The van der Waals surface area contributed by atoms with Crippen molar-refractivity contribution >= 4 is 6.29 Å². The number of aromatic hydroxyl groups is 1. The van der Waals surface area contributed by atoms with Gasteiger partial charge in [0.1, 0.15) is 11.5 Å². The number of hydrogen-bond acceptors (Lipinski definition) is 3. The van der Waals surface area contributed by atoms with Gasteiger partial charge in [0.25, 0.3) is 0 Å². The van der Waals surface area contributed by atoms with E-state index in [1.807, 2.05) is 6.92 Å². The topological polar surface area (TPSA) is 46.5 Å². The normalized spacial score (nSPS) is 9.69. The molecule has 1 aromatic carbocycles. The highest BCUT2D eigenvalue weighted by molar-refractivity contribution is 5.81. The van der Waals surface area contributed by atoms with Gasteiger partial charge in [0.2, 0.25) is 0 Å². The fourth-order valence-corrected chi connectivity index (χ4v) is 1.13. The predicted octanol–water partition coefficient (Wildman–Crippen LogP) is 1.91. The molecule has 0 fully saturated rings. The fraction of sp³-hybridized carbons (Fsp3) is 0.300. The van der Waals surface area contributed by atoms with Crippen LogP contribution >= 0.6 is 0 Å². The van der Waals surface area contributed by atoms with E-state index >= 15 is 0 Å². The van der Waals surface area contributed by atoms with Crippen LogP contribution in [0, 0.1) is 6.92 Å². The monoisotopic (exact) mass is 180 g/mol. The largest absolute Gasteiger partial charge is 0.508 e. The lowest BCUT2D eigenvalue weighted by atomic mass is 10.1. The Labute approximate surface area is 77.0 Å². The summed E-state index contributed by atoms with van der Waals surface area (Å²) in [7, 11) is 0. The van der Waals surface area contributed by atoms with Crippen molar-refractivity contribution in [2.45, 2.75) is 13.8 Å². The second-order valence-corrected chi connectivity index (χ2v) is 2.68. The second kappa shape index (κ2) is 3.94. The second-order valence-electron chi connectivity index (χ2n) is 2.68. The number of aldehydes is 1. The summed E-state index contributed by atoms with van der Waals surface area (Å²) in [5, 5.41) is 9.35. The van der Waals surface area contributed by atoms with Gasteiger partial charge in [-0.15, -0.1) is 0 Å². The summed E-state index contributed by atoms with van der Waals surface area (Å²) in [6, 6.07) is 3.03. The van der Waals surface area contributed by atoms with Crippen LogP contribution in [0.5, 0.6) is 11.5 Å². The van der Waals surface area contributed by atoms with Crippen molar-refractivity contribution in [3.8, 4) is 11.5 Å². The third-order valence-corrected chi connectivity index (χ3v) is 1.82. The lowest BCUT2D eigenvalue weighted by molar-refractivity contribution is 0.111. The highest BCUT2D eigenvalue weighted by Crippen LogP contribution is 2.29. The van der Waals surface area contributed by atoms with Crippen LogP contribution < -0.4 is 4.74 Å². The van der Waals surface area contributed by atoms with Crippen molar-refractivity contribution in [1.82, 2.24) is 0 Å². The van der Waals surface area contributed by atoms with Crippen molar-refractivity contribution < 1.29 is 14.6 Å². The maximum atomic E-state index is 10.6. The van der Waals surface area contributed by atoms with E-state index in [2.05, 4.69) is 0 Å². The zero-order chi connectivity index (χ0) is 9.84. The Morgan fingerprint density at radius 1 is 1.54 bits per heavy atom. The molecule has 0 saturated carbocycles. The van der Waals surface area contributed by atoms with Gasteiger partial charge in [-0.2, -0.15) is 0 Å². The van der Waals surface area contributed by atoms with Crippen LogP contribution in [0.4, 0.5) is 0 Å². The van der Waals surface area contributed by atoms with E-state index in [1.54, 1.807) is 13.0 Å². The first-order chi connectivity index (χ1) is 6.20. The molecule has 0 saturated heterocycles. The summed E-state index contributed by atoms with van der Waals surface area (Å²) in [6.45, 7) is 4.02. The standard InChI is InChI=1S/C10H12O3/c1-3-13-10-7(2)9(12)5-4-8(10)6-11/h4-6,12H,3H2,1-2H3. The van der Waals surface area contributed by atoms with Gasteiger partial charge in [0.05, 0.1) is 12.2 Å². The van der Waals surface area contributed by atoms with E-state index in [0.717, 1.165) is 6.29 Å². The average molecular weight is 180 g/mol. The minimum atomic E-state index is 0.147. The molecule has 1 N–H and O–H groups in total. The summed E-state index contributed by atoms with van der Waals surface area (Å²) < 4.78 is 5.25. The number of phenolic OH excluding ortho intramolecular Hbond substituents is 1. The van der Waals surface area contributed by atoms with Gasteiger partial charge in [-0.05, 0) is 26.0 Å². The van der Waals surface area contributed by atoms with Gasteiger partial charge in [-0.3, -0.25) is 4.79 Å². The molecule has 70 valence electrons. The first-order valence-electron chi connectivity index (χ1n) is 4.11. The van der Waals surface area contributed by atoms with Crippen LogP contribution in [0.15, 0.2) is 12.1 Å². The third-order valence-electron chi connectivity index (χ3n) is 1.82. The number of carbonyl (C=O) groups excluding carboxylic acids is 1. The van der Waals surface area contributed by atoms with E-state index in [4.69, 9.17) is 4.74 Å². The fourth-order valence-electron chi connectivity index (χ4n) is 1.13. The molecule has 0 heterocycles. The van der Waals surface area contributed by atoms with E-state index in [9.17, 15) is 9.90 Å². The Kier molecular flexibility index (Phi) is 2.90. The van der Waals surface area contributed by atoms with Crippen LogP contribution in [0.2, 0.25) is 0 Å². The quantitative estimate of drug-likeness (QED) is 0.723. The molecular weight excluding hydrogens is 168 g/mol. The highest BCUT2D eigenvalue weighted by atomic mass is 16.5. The molecule has 0 bridgehead atoms. The molecule has 3 nitrogen and oxygen atoms in total. The molecule has 0 aliphatic rings. The SMILES string of the molecule is CCOc1c(C=O)ccc(O)c1C. The predicted molar refractivity (Wildman–Crippen MR) is 49.4 cm³/mol. The minimum absolute atomic E-state index is 0.147. The van der Waals surface area contributed by atoms with Crippen LogP contribution in [-0.4, -0.2) is 18.0 Å². The molecule has 0 atom stereocenters. The minimum Gasteiger partial charge on any atom is -0.508 e. The number of ether oxygens (including phenoxy) is 1. The number of rotatable bonds is 3. The Bertz CT molecular complexity index is 318. The van der Waals surface area contributed by atoms with Gasteiger partial charge in [0.15, 0.2) is 6.29 Å². The maximum Gasteiger partial charge on any atom is 0.153 e. The van der Waals surface area contributed by atoms with Crippen molar-refractivity contribution in [2.75, 3.05) is 6.61 Å². The highest BCUT2D eigenvalue weighted by Gasteiger charge is 2.09. The van der Waals surface area contributed by atoms with Gasteiger partial charge >= 0.3 is 0 Å². The van der Waals surface area contributed by atoms with Crippen molar-refractivity contribution in [3.05, 3.63) is 23.3 Å². The smallest absolute Gasteiger partial charge is 0.153 e. The van der Waals surface area contributed by atoms with Gasteiger partial charge in [-0.25, -0.2) is 0 Å². The van der Waals surface area contributed by atoms with Crippen LogP contribution in [-0.2, 0) is 0 Å². The summed E-state index contributed by atoms with van der Waals surface area (Å²) in [6.07, 6.45) is 0.720. The molecule has 0 radical (unpaired) electrons. The summed E-state index contributed by atoms with van der Waals surface area (Å²) >= 11 is 0. The average Bonchev–Trinajstić information content (AvgIpc) is 2.14. The molecule has 0 unspecified atom stereocenters. The number of hydrogen-bond donors (Lipinski definition) is 1. The van der Waals surface area contributed by atoms with Crippen LogP contribution in [0.25, 0.3) is 0 Å². The first kappa shape index (κ1) is 9.58. The van der Waals surface area contributed by atoms with E-state index < -0.39 is 0 Å². The summed E-state index contributed by atoms with van der Waals surface area (Å²) in [4.78, 5) is 10.6. The molecule has 3 heteroatoms. The molecule has 13 heavy (non-hydrogen) atoms. The number of benzene rings is 1. The van der Waals surface area contributed by atoms with Crippen molar-refractivity contribution in [2.24, 2.45) is 0 Å². The molecule has 0 aliphatic carbocycles. The van der Waals surface area contributed by atoms with Gasteiger partial charge in [0, 0.05) is 5.56 Å². The molecule has 0 amide bonds. The Hall–Kier alpha value is -1.51. The first-order valence-corrected chi connectivity index (χ1v) is 4.11. The molecule has 1 rings (SSSR count). The van der Waals surface area contributed by atoms with Crippen molar-refractivity contribution in [1.29, 1.82) is 0 Å². The van der Waals surface area contributed by atoms with Gasteiger partial charge < -0.3 is 9.84 Å². The number of carbonyl (C=O) groups is 1. The third kappa shape index (κ3) is 1.80. The van der Waals surface area contributed by atoms with E-state index in [1.165, 1.54) is 6.07 Å². The van der Waals surface area contributed by atoms with Crippen LogP contribution in [0.3, 0.4) is 0 Å². The maximum absolute atomic E-state index is 10.6. The molecule has 0 spiro atoms. The van der Waals surface area contributed by atoms with Gasteiger partial charge in [-0.1, -0.05) is 0 Å². The van der Waals surface area contributed by atoms with E-state index in [0.29, 0.717) is 23.5 Å². The molecular formula is C10H12O3. The number of phenols is 1. The van der Waals surface area contributed by atoms with Crippen molar-refractivity contribution in [3.63, 3.8) is 0 Å². The lowest BCUT2D eigenvalue weighted by Crippen LogP contribution is -1.98. The van der Waals surface area contributed by atoms with E-state index in [-0.39, 0.29) is 5.75 Å². The zero-order valence-electron chi connectivity index (χ0n) is 7.70. The lowest BCUT2D eigenvalue weighted by Gasteiger charge is -2.10. The molecule has 0 aliphatic heterocycles. The Balaban J connectivity index is 3.23.